The predicted octanol–water partition coefficient (Wildman–Crippen LogP) is 1.88. The lowest BCUT2D eigenvalue weighted by molar-refractivity contribution is 0.630. The zero-order valence-corrected chi connectivity index (χ0v) is 9.81. The zero-order chi connectivity index (χ0) is 10.7. The first kappa shape index (κ1) is 10.8. The van der Waals surface area contributed by atoms with Gasteiger partial charge in [-0.3, -0.25) is 0 Å². The maximum absolute atomic E-state index is 5.77. The second-order valence-electron chi connectivity index (χ2n) is 3.54. The Bertz CT molecular complexity index is 321. The van der Waals surface area contributed by atoms with Crippen molar-refractivity contribution >= 4 is 35.1 Å². The lowest BCUT2D eigenvalue weighted by Crippen LogP contribution is -2.14. The molecule has 0 bridgehead atoms. The Balaban J connectivity index is 1.92. The first-order valence-corrected chi connectivity index (χ1v) is 6.39. The van der Waals surface area contributed by atoms with E-state index in [4.69, 9.17) is 17.3 Å². The summed E-state index contributed by atoms with van der Waals surface area (Å²) in [7, 11) is 0. The molecule has 6 heteroatoms. The van der Waals surface area contributed by atoms with Crippen molar-refractivity contribution < 1.29 is 0 Å². The van der Waals surface area contributed by atoms with Crippen LogP contribution in [0.1, 0.15) is 6.42 Å². The molecule has 0 amide bonds. The van der Waals surface area contributed by atoms with Crippen LogP contribution in [0.2, 0.25) is 5.15 Å². The topological polar surface area (TPSA) is 63.8 Å². The number of halogens is 1. The fourth-order valence-corrected chi connectivity index (χ4v) is 2.99. The number of anilines is 2. The summed E-state index contributed by atoms with van der Waals surface area (Å²) in [6.07, 6.45) is 1.27. The van der Waals surface area contributed by atoms with Crippen LogP contribution in [-0.4, -0.2) is 28.0 Å². The van der Waals surface area contributed by atoms with Gasteiger partial charge in [-0.1, -0.05) is 11.6 Å². The van der Waals surface area contributed by atoms with Crippen LogP contribution in [0.15, 0.2) is 6.07 Å². The van der Waals surface area contributed by atoms with E-state index >= 15 is 0 Å². The van der Waals surface area contributed by atoms with E-state index in [1.807, 2.05) is 11.8 Å². The summed E-state index contributed by atoms with van der Waals surface area (Å²) in [5.74, 6) is 4.14. The Labute approximate surface area is 98.0 Å². The first-order chi connectivity index (χ1) is 7.24. The van der Waals surface area contributed by atoms with Gasteiger partial charge in [0.05, 0.1) is 0 Å². The molecule has 3 N–H and O–H groups in total. The monoisotopic (exact) mass is 244 g/mol. The molecule has 1 aliphatic rings. The lowest BCUT2D eigenvalue weighted by atomic mass is 10.1. The molecule has 0 spiro atoms. The smallest absolute Gasteiger partial charge is 0.223 e. The molecule has 15 heavy (non-hydrogen) atoms. The minimum Gasteiger partial charge on any atom is -0.370 e. The summed E-state index contributed by atoms with van der Waals surface area (Å²) in [6.45, 7) is 0.930. The fourth-order valence-electron chi connectivity index (χ4n) is 1.52. The van der Waals surface area contributed by atoms with Gasteiger partial charge >= 0.3 is 0 Å². The van der Waals surface area contributed by atoms with Crippen LogP contribution in [-0.2, 0) is 0 Å². The third-order valence-corrected chi connectivity index (χ3v) is 3.73. The third kappa shape index (κ3) is 3.14. The molecular formula is C9H13ClN4S. The molecule has 4 nitrogen and oxygen atoms in total. The molecule has 2 rings (SSSR count). The van der Waals surface area contributed by atoms with Gasteiger partial charge in [0.15, 0.2) is 0 Å². The fraction of sp³-hybridized carbons (Fsp3) is 0.556. The maximum atomic E-state index is 5.77. The molecule has 0 radical (unpaired) electrons. The highest BCUT2D eigenvalue weighted by Crippen LogP contribution is 2.23. The van der Waals surface area contributed by atoms with Crippen LogP contribution in [0.4, 0.5) is 11.8 Å². The van der Waals surface area contributed by atoms with E-state index in [-0.39, 0.29) is 5.95 Å². The van der Waals surface area contributed by atoms with E-state index in [2.05, 4.69) is 15.3 Å². The Morgan fingerprint density at radius 3 is 3.13 bits per heavy atom. The van der Waals surface area contributed by atoms with Crippen LogP contribution in [0.3, 0.4) is 0 Å². The zero-order valence-electron chi connectivity index (χ0n) is 8.24. The van der Waals surface area contributed by atoms with Gasteiger partial charge in [0.1, 0.15) is 11.0 Å². The Morgan fingerprint density at radius 2 is 2.47 bits per heavy atom. The van der Waals surface area contributed by atoms with Crippen molar-refractivity contribution in [2.24, 2.45) is 5.92 Å². The van der Waals surface area contributed by atoms with Crippen molar-refractivity contribution in [3.05, 3.63) is 11.2 Å². The summed E-state index contributed by atoms with van der Waals surface area (Å²) in [5.41, 5.74) is 5.49. The number of thioether (sulfide) groups is 1. The van der Waals surface area contributed by atoms with Crippen molar-refractivity contribution in [1.82, 2.24) is 9.97 Å². The van der Waals surface area contributed by atoms with E-state index in [1.54, 1.807) is 6.07 Å². The van der Waals surface area contributed by atoms with Crippen molar-refractivity contribution in [2.45, 2.75) is 6.42 Å². The van der Waals surface area contributed by atoms with Crippen molar-refractivity contribution in [3.8, 4) is 0 Å². The van der Waals surface area contributed by atoms with Crippen molar-refractivity contribution in [3.63, 3.8) is 0 Å². The van der Waals surface area contributed by atoms with E-state index in [0.29, 0.717) is 11.0 Å². The van der Waals surface area contributed by atoms with Gasteiger partial charge in [0.25, 0.3) is 0 Å². The van der Waals surface area contributed by atoms with E-state index in [9.17, 15) is 0 Å². The van der Waals surface area contributed by atoms with Crippen LogP contribution >= 0.6 is 23.4 Å². The molecule has 0 aromatic carbocycles. The molecule has 0 saturated carbocycles. The maximum Gasteiger partial charge on any atom is 0.223 e. The lowest BCUT2D eigenvalue weighted by Gasteiger charge is -2.10. The summed E-state index contributed by atoms with van der Waals surface area (Å²) >= 11 is 7.77. The standard InChI is InChI=1S/C9H13ClN4S/c10-7-3-8(14-9(11)13-7)12-4-6-1-2-15-5-6/h3,6H,1-2,4-5H2,(H3,11,12,13,14). The number of nitrogens with zero attached hydrogens (tertiary/aromatic N) is 2. The molecule has 2 heterocycles. The molecule has 82 valence electrons. The van der Waals surface area contributed by atoms with Crippen LogP contribution in [0, 0.1) is 5.92 Å². The summed E-state index contributed by atoms with van der Waals surface area (Å²) in [5, 5.41) is 3.62. The third-order valence-electron chi connectivity index (χ3n) is 2.31. The van der Waals surface area contributed by atoms with Crippen molar-refractivity contribution in [1.29, 1.82) is 0 Å². The highest BCUT2D eigenvalue weighted by molar-refractivity contribution is 7.99. The molecule has 1 saturated heterocycles. The quantitative estimate of drug-likeness (QED) is 0.795. The van der Waals surface area contributed by atoms with Gasteiger partial charge in [-0.05, 0) is 23.8 Å². The average Bonchev–Trinajstić information content (AvgIpc) is 2.65. The Hall–Kier alpha value is -0.680. The Kier molecular flexibility index (Phi) is 3.53. The summed E-state index contributed by atoms with van der Waals surface area (Å²) in [4.78, 5) is 7.86. The Morgan fingerprint density at radius 1 is 1.60 bits per heavy atom. The van der Waals surface area contributed by atoms with Gasteiger partial charge in [-0.15, -0.1) is 0 Å². The molecule has 1 aromatic rings. The number of rotatable bonds is 3. The minimum absolute atomic E-state index is 0.214. The molecule has 1 aromatic heterocycles. The van der Waals surface area contributed by atoms with Crippen LogP contribution < -0.4 is 11.1 Å². The number of nitrogen functional groups attached to an aromatic ring is 1. The first-order valence-electron chi connectivity index (χ1n) is 4.86. The van der Waals surface area contributed by atoms with Gasteiger partial charge in [-0.2, -0.15) is 16.7 Å². The number of hydrogen-bond acceptors (Lipinski definition) is 5. The van der Waals surface area contributed by atoms with Crippen LogP contribution in [0.5, 0.6) is 0 Å². The van der Waals surface area contributed by atoms with Crippen molar-refractivity contribution in [2.75, 3.05) is 29.1 Å². The molecule has 1 aliphatic heterocycles. The molecule has 1 atom stereocenters. The highest BCUT2D eigenvalue weighted by atomic mass is 35.5. The number of nitrogens with one attached hydrogen (secondary N) is 1. The number of hydrogen-bond donors (Lipinski definition) is 2. The average molecular weight is 245 g/mol. The van der Waals surface area contributed by atoms with Gasteiger partial charge in [-0.25, -0.2) is 4.98 Å². The van der Waals surface area contributed by atoms with Crippen LogP contribution in [0.25, 0.3) is 0 Å². The summed E-state index contributed by atoms with van der Waals surface area (Å²) in [6, 6.07) is 1.69. The highest BCUT2D eigenvalue weighted by Gasteiger charge is 2.15. The van der Waals surface area contributed by atoms with Gasteiger partial charge in [0, 0.05) is 12.6 Å². The second-order valence-corrected chi connectivity index (χ2v) is 5.08. The van der Waals surface area contributed by atoms with Gasteiger partial charge < -0.3 is 11.1 Å². The molecule has 1 unspecified atom stereocenters. The SMILES string of the molecule is Nc1nc(Cl)cc(NCC2CCSC2)n1. The molecule has 0 aliphatic carbocycles. The predicted molar refractivity (Wildman–Crippen MR) is 65.4 cm³/mol. The van der Waals surface area contributed by atoms with Gasteiger partial charge in [0.2, 0.25) is 5.95 Å². The molecular weight excluding hydrogens is 232 g/mol. The normalized spacial score (nSPS) is 20.5. The summed E-state index contributed by atoms with van der Waals surface area (Å²) < 4.78 is 0. The van der Waals surface area contributed by atoms with E-state index in [1.165, 1.54) is 17.9 Å². The van der Waals surface area contributed by atoms with E-state index in [0.717, 1.165) is 12.5 Å². The van der Waals surface area contributed by atoms with E-state index < -0.39 is 0 Å². The number of aromatic nitrogens is 2. The second kappa shape index (κ2) is 4.90. The number of nitrogens with two attached hydrogens (primary N) is 1. The minimum atomic E-state index is 0.214. The largest absolute Gasteiger partial charge is 0.370 e. The molecule has 1 fully saturated rings.